The molecule has 0 bridgehead atoms. The highest BCUT2D eigenvalue weighted by Crippen LogP contribution is 2.16. The van der Waals surface area contributed by atoms with E-state index in [1.165, 1.54) is 6.20 Å². The predicted octanol–water partition coefficient (Wildman–Crippen LogP) is 3.85. The van der Waals surface area contributed by atoms with Crippen LogP contribution in [0, 0.1) is 18.3 Å². The molecule has 0 aliphatic heterocycles. The van der Waals surface area contributed by atoms with Crippen LogP contribution in [0.5, 0.6) is 5.75 Å². The molecule has 2 N–H and O–H groups in total. The fraction of sp³-hybridized carbons (Fsp3) is 0.158. The van der Waals surface area contributed by atoms with Crippen molar-refractivity contribution in [2.24, 2.45) is 0 Å². The van der Waals surface area contributed by atoms with E-state index in [-0.39, 0.29) is 5.57 Å². The molecule has 0 saturated carbocycles. The number of benzene rings is 2. The van der Waals surface area contributed by atoms with Gasteiger partial charge in [-0.2, -0.15) is 5.26 Å². The minimum Gasteiger partial charge on any atom is -0.494 e. The highest BCUT2D eigenvalue weighted by molar-refractivity contribution is 6.06. The van der Waals surface area contributed by atoms with E-state index >= 15 is 0 Å². The molecule has 5 heteroatoms. The Labute approximate surface area is 141 Å². The fourth-order valence-electron chi connectivity index (χ4n) is 2.04. The maximum Gasteiger partial charge on any atom is 0.267 e. The standard InChI is InChI=1S/C19H19N3O2/c1-3-24-18-9-7-16(8-10-18)22-19(23)15(12-20)13-21-17-6-4-5-14(2)11-17/h4-11,13,21H,3H2,1-2H3,(H,22,23)/b15-13-. The van der Waals surface area contributed by atoms with Gasteiger partial charge in [0.05, 0.1) is 6.61 Å². The Balaban J connectivity index is 2.03. The molecule has 1 amide bonds. The number of ether oxygens (including phenoxy) is 1. The Bertz CT molecular complexity index is 774. The van der Waals surface area contributed by atoms with Gasteiger partial charge in [0.15, 0.2) is 0 Å². The lowest BCUT2D eigenvalue weighted by Gasteiger charge is -2.07. The molecule has 122 valence electrons. The lowest BCUT2D eigenvalue weighted by atomic mass is 10.2. The van der Waals surface area contributed by atoms with Gasteiger partial charge in [-0.15, -0.1) is 0 Å². The normalized spacial score (nSPS) is 10.6. The molecule has 0 fully saturated rings. The van der Waals surface area contributed by atoms with Crippen LogP contribution in [-0.4, -0.2) is 12.5 Å². The maximum atomic E-state index is 12.2. The number of hydrogen-bond acceptors (Lipinski definition) is 4. The highest BCUT2D eigenvalue weighted by Gasteiger charge is 2.09. The van der Waals surface area contributed by atoms with E-state index in [4.69, 9.17) is 4.74 Å². The zero-order valence-electron chi connectivity index (χ0n) is 13.7. The second kappa shape index (κ2) is 8.39. The predicted molar refractivity (Wildman–Crippen MR) is 94.7 cm³/mol. The number of nitriles is 1. The van der Waals surface area contributed by atoms with Crippen LogP contribution in [0.2, 0.25) is 0 Å². The summed E-state index contributed by atoms with van der Waals surface area (Å²) in [6.45, 7) is 4.46. The van der Waals surface area contributed by atoms with E-state index in [1.54, 1.807) is 24.3 Å². The van der Waals surface area contributed by atoms with Crippen molar-refractivity contribution in [2.75, 3.05) is 17.2 Å². The van der Waals surface area contributed by atoms with E-state index < -0.39 is 5.91 Å². The summed E-state index contributed by atoms with van der Waals surface area (Å²) >= 11 is 0. The Kier molecular flexibility index (Phi) is 5.98. The van der Waals surface area contributed by atoms with Gasteiger partial charge in [0.25, 0.3) is 5.91 Å². The van der Waals surface area contributed by atoms with Gasteiger partial charge in [0, 0.05) is 17.6 Å². The van der Waals surface area contributed by atoms with Gasteiger partial charge in [0.1, 0.15) is 17.4 Å². The second-order valence-corrected chi connectivity index (χ2v) is 5.10. The van der Waals surface area contributed by atoms with Gasteiger partial charge >= 0.3 is 0 Å². The van der Waals surface area contributed by atoms with Gasteiger partial charge in [-0.3, -0.25) is 4.79 Å². The summed E-state index contributed by atoms with van der Waals surface area (Å²) < 4.78 is 5.35. The number of aryl methyl sites for hydroxylation is 1. The van der Waals surface area contributed by atoms with Crippen molar-refractivity contribution in [1.29, 1.82) is 5.26 Å². The number of hydrogen-bond donors (Lipinski definition) is 2. The van der Waals surface area contributed by atoms with Crippen molar-refractivity contribution in [2.45, 2.75) is 13.8 Å². The Morgan fingerprint density at radius 3 is 2.58 bits per heavy atom. The van der Waals surface area contributed by atoms with Gasteiger partial charge in [-0.1, -0.05) is 12.1 Å². The summed E-state index contributed by atoms with van der Waals surface area (Å²) in [6.07, 6.45) is 1.40. The van der Waals surface area contributed by atoms with Crippen LogP contribution in [0.15, 0.2) is 60.3 Å². The first kappa shape index (κ1) is 17.1. The van der Waals surface area contributed by atoms with Crippen LogP contribution in [-0.2, 0) is 4.79 Å². The van der Waals surface area contributed by atoms with Crippen molar-refractivity contribution in [1.82, 2.24) is 0 Å². The van der Waals surface area contributed by atoms with Gasteiger partial charge in [-0.05, 0) is 55.8 Å². The summed E-state index contributed by atoms with van der Waals surface area (Å²) in [4.78, 5) is 12.2. The van der Waals surface area contributed by atoms with Crippen molar-refractivity contribution in [3.63, 3.8) is 0 Å². The largest absolute Gasteiger partial charge is 0.494 e. The van der Waals surface area contributed by atoms with Gasteiger partial charge < -0.3 is 15.4 Å². The molecular weight excluding hydrogens is 302 g/mol. The average molecular weight is 321 g/mol. The zero-order chi connectivity index (χ0) is 17.4. The monoisotopic (exact) mass is 321 g/mol. The molecule has 5 nitrogen and oxygen atoms in total. The molecule has 0 radical (unpaired) electrons. The first-order chi connectivity index (χ1) is 11.6. The van der Waals surface area contributed by atoms with Gasteiger partial charge in [0.2, 0.25) is 0 Å². The topological polar surface area (TPSA) is 74.1 Å². The highest BCUT2D eigenvalue weighted by atomic mass is 16.5. The lowest BCUT2D eigenvalue weighted by molar-refractivity contribution is -0.112. The number of carbonyl (C=O) groups is 1. The molecule has 2 aromatic rings. The number of nitrogens with one attached hydrogen (secondary N) is 2. The minimum atomic E-state index is -0.471. The maximum absolute atomic E-state index is 12.2. The van der Waals surface area contributed by atoms with Crippen LogP contribution in [0.3, 0.4) is 0 Å². The number of carbonyl (C=O) groups excluding carboxylic acids is 1. The summed E-state index contributed by atoms with van der Waals surface area (Å²) in [5.41, 5.74) is 2.49. The van der Waals surface area contributed by atoms with E-state index in [0.717, 1.165) is 17.0 Å². The molecule has 0 atom stereocenters. The molecule has 0 aliphatic carbocycles. The molecule has 2 aromatic carbocycles. The SMILES string of the molecule is CCOc1ccc(NC(=O)/C(C#N)=C\Nc2cccc(C)c2)cc1. The molecule has 24 heavy (non-hydrogen) atoms. The Morgan fingerprint density at radius 1 is 1.21 bits per heavy atom. The second-order valence-electron chi connectivity index (χ2n) is 5.10. The molecule has 0 spiro atoms. The van der Waals surface area contributed by atoms with Crippen LogP contribution < -0.4 is 15.4 Å². The van der Waals surface area contributed by atoms with Crippen molar-refractivity contribution < 1.29 is 9.53 Å². The number of amides is 1. The number of nitrogens with zero attached hydrogens (tertiary/aromatic N) is 1. The molecule has 2 rings (SSSR count). The van der Waals surface area contributed by atoms with Crippen LogP contribution in [0.4, 0.5) is 11.4 Å². The molecule has 0 aliphatic rings. The van der Waals surface area contributed by atoms with E-state index in [9.17, 15) is 10.1 Å². The van der Waals surface area contributed by atoms with Crippen LogP contribution >= 0.6 is 0 Å². The summed E-state index contributed by atoms with van der Waals surface area (Å²) in [5.74, 6) is 0.259. The summed E-state index contributed by atoms with van der Waals surface area (Å²) in [7, 11) is 0. The third-order valence-corrected chi connectivity index (χ3v) is 3.19. The smallest absolute Gasteiger partial charge is 0.267 e. The van der Waals surface area contributed by atoms with Crippen molar-refractivity contribution in [3.05, 3.63) is 65.9 Å². The Morgan fingerprint density at radius 2 is 1.96 bits per heavy atom. The molecule has 0 aromatic heterocycles. The lowest BCUT2D eigenvalue weighted by Crippen LogP contribution is -2.14. The summed E-state index contributed by atoms with van der Waals surface area (Å²) in [6, 6.07) is 16.5. The third-order valence-electron chi connectivity index (χ3n) is 3.19. The zero-order valence-corrected chi connectivity index (χ0v) is 13.7. The number of anilines is 2. The average Bonchev–Trinajstić information content (AvgIpc) is 2.57. The third kappa shape index (κ3) is 4.89. The fourth-order valence-corrected chi connectivity index (χ4v) is 2.04. The van der Waals surface area contributed by atoms with Crippen molar-refractivity contribution >= 4 is 17.3 Å². The first-order valence-corrected chi connectivity index (χ1v) is 7.60. The molecule has 0 saturated heterocycles. The molecule has 0 unspecified atom stereocenters. The quantitative estimate of drug-likeness (QED) is 0.626. The van der Waals surface area contributed by atoms with E-state index in [1.807, 2.05) is 44.2 Å². The van der Waals surface area contributed by atoms with Crippen molar-refractivity contribution in [3.8, 4) is 11.8 Å². The van der Waals surface area contributed by atoms with E-state index in [0.29, 0.717) is 12.3 Å². The molecular formula is C19H19N3O2. The van der Waals surface area contributed by atoms with Crippen LogP contribution in [0.25, 0.3) is 0 Å². The summed E-state index contributed by atoms with van der Waals surface area (Å²) in [5, 5.41) is 14.8. The van der Waals surface area contributed by atoms with Gasteiger partial charge in [-0.25, -0.2) is 0 Å². The van der Waals surface area contributed by atoms with Crippen LogP contribution in [0.1, 0.15) is 12.5 Å². The number of rotatable bonds is 6. The Hall–Kier alpha value is -3.26. The minimum absolute atomic E-state index is 0.00890. The first-order valence-electron chi connectivity index (χ1n) is 7.60. The molecule has 0 heterocycles. The van der Waals surface area contributed by atoms with E-state index in [2.05, 4.69) is 10.6 Å².